The van der Waals surface area contributed by atoms with Crippen LogP contribution in [0.3, 0.4) is 0 Å². The van der Waals surface area contributed by atoms with E-state index < -0.39 is 0 Å². The molecule has 0 saturated heterocycles. The van der Waals surface area contributed by atoms with Crippen LogP contribution in [0.25, 0.3) is 0 Å². The van der Waals surface area contributed by atoms with Gasteiger partial charge in [-0.3, -0.25) is 0 Å². The van der Waals surface area contributed by atoms with Crippen LogP contribution >= 0.6 is 38.9 Å². The first-order valence-electron chi connectivity index (χ1n) is 5.00. The van der Waals surface area contributed by atoms with Gasteiger partial charge < -0.3 is 5.73 Å². The Morgan fingerprint density at radius 2 is 2.24 bits per heavy atom. The van der Waals surface area contributed by atoms with Gasteiger partial charge in [-0.05, 0) is 51.0 Å². The van der Waals surface area contributed by atoms with Gasteiger partial charge in [-0.1, -0.05) is 23.7 Å². The summed E-state index contributed by atoms with van der Waals surface area (Å²) in [6, 6.07) is 6.72. The highest BCUT2D eigenvalue weighted by Gasteiger charge is 2.13. The summed E-state index contributed by atoms with van der Waals surface area (Å²) in [6.45, 7) is 0. The van der Waals surface area contributed by atoms with Crippen LogP contribution in [0, 0.1) is 5.82 Å². The summed E-state index contributed by atoms with van der Waals surface area (Å²) >= 11 is 10.7. The third kappa shape index (κ3) is 3.07. The molecule has 5 heteroatoms. The van der Waals surface area contributed by atoms with Gasteiger partial charge in [-0.2, -0.15) is 0 Å². The van der Waals surface area contributed by atoms with Crippen molar-refractivity contribution in [1.82, 2.24) is 0 Å². The lowest BCUT2D eigenvalue weighted by Gasteiger charge is -2.11. The van der Waals surface area contributed by atoms with E-state index in [-0.39, 0.29) is 16.9 Å². The van der Waals surface area contributed by atoms with E-state index in [2.05, 4.69) is 15.9 Å². The molecule has 0 saturated carbocycles. The van der Waals surface area contributed by atoms with Crippen LogP contribution in [-0.4, -0.2) is 0 Å². The number of hydrogen-bond donors (Lipinski definition) is 1. The minimum Gasteiger partial charge on any atom is -0.324 e. The maximum absolute atomic E-state index is 13.7. The van der Waals surface area contributed by atoms with Crippen molar-refractivity contribution >= 4 is 38.9 Å². The Hall–Kier alpha value is -0.420. The van der Waals surface area contributed by atoms with Gasteiger partial charge in [0.2, 0.25) is 0 Å². The van der Waals surface area contributed by atoms with Gasteiger partial charge in [0.25, 0.3) is 0 Å². The number of rotatable bonds is 3. The van der Waals surface area contributed by atoms with E-state index in [4.69, 9.17) is 17.3 Å². The highest BCUT2D eigenvalue weighted by molar-refractivity contribution is 9.11. The smallest absolute Gasteiger partial charge is 0.145 e. The molecule has 2 aromatic rings. The quantitative estimate of drug-likeness (QED) is 0.876. The van der Waals surface area contributed by atoms with Gasteiger partial charge in [0.05, 0.1) is 8.81 Å². The summed E-state index contributed by atoms with van der Waals surface area (Å²) in [6.07, 6.45) is 0.440. The molecule has 1 nitrogen and oxygen atoms in total. The third-order valence-electron chi connectivity index (χ3n) is 2.49. The van der Waals surface area contributed by atoms with Crippen molar-refractivity contribution in [2.45, 2.75) is 12.5 Å². The fourth-order valence-corrected chi connectivity index (χ4v) is 3.01. The number of hydrogen-bond acceptors (Lipinski definition) is 2. The fraction of sp³-hybridized carbons (Fsp3) is 0.167. The second-order valence-corrected chi connectivity index (χ2v) is 6.41. The highest BCUT2D eigenvalue weighted by Crippen LogP contribution is 2.27. The zero-order chi connectivity index (χ0) is 12.4. The van der Waals surface area contributed by atoms with E-state index in [1.807, 2.05) is 11.4 Å². The average molecular weight is 335 g/mol. The summed E-state index contributed by atoms with van der Waals surface area (Å²) < 4.78 is 14.7. The molecule has 0 aliphatic carbocycles. The normalized spacial score (nSPS) is 12.7. The molecule has 17 heavy (non-hydrogen) atoms. The molecule has 2 N–H and O–H groups in total. The van der Waals surface area contributed by atoms with Crippen molar-refractivity contribution < 1.29 is 4.39 Å². The van der Waals surface area contributed by atoms with Gasteiger partial charge >= 0.3 is 0 Å². The van der Waals surface area contributed by atoms with E-state index in [9.17, 15) is 4.39 Å². The molecule has 0 aliphatic rings. The van der Waals surface area contributed by atoms with E-state index in [1.54, 1.807) is 23.5 Å². The van der Waals surface area contributed by atoms with Crippen molar-refractivity contribution in [2.24, 2.45) is 5.73 Å². The van der Waals surface area contributed by atoms with Crippen LogP contribution < -0.4 is 5.73 Å². The first-order valence-corrected chi connectivity index (χ1v) is 7.05. The summed E-state index contributed by atoms with van der Waals surface area (Å²) in [5.41, 5.74) is 7.59. The van der Waals surface area contributed by atoms with Crippen molar-refractivity contribution in [2.75, 3.05) is 0 Å². The summed E-state index contributed by atoms with van der Waals surface area (Å²) in [5, 5.41) is 2.11. The largest absolute Gasteiger partial charge is 0.324 e. The number of thiophene rings is 1. The fourth-order valence-electron chi connectivity index (χ4n) is 1.58. The summed E-state index contributed by atoms with van der Waals surface area (Å²) in [7, 11) is 0. The van der Waals surface area contributed by atoms with Crippen molar-refractivity contribution in [3.63, 3.8) is 0 Å². The van der Waals surface area contributed by atoms with Crippen LogP contribution in [0.4, 0.5) is 4.39 Å². The molecule has 2 rings (SSSR count). The topological polar surface area (TPSA) is 26.0 Å². The van der Waals surface area contributed by atoms with E-state index >= 15 is 0 Å². The number of nitrogens with two attached hydrogens (primary N) is 1. The maximum atomic E-state index is 13.7. The first kappa shape index (κ1) is 13.0. The van der Waals surface area contributed by atoms with E-state index in [0.29, 0.717) is 12.0 Å². The lowest BCUT2D eigenvalue weighted by atomic mass is 10.0. The van der Waals surface area contributed by atoms with E-state index in [1.165, 1.54) is 6.07 Å². The Morgan fingerprint density at radius 1 is 1.47 bits per heavy atom. The molecule has 0 amide bonds. The molecule has 0 radical (unpaired) electrons. The second kappa shape index (κ2) is 5.48. The van der Waals surface area contributed by atoms with Crippen LogP contribution in [0.5, 0.6) is 0 Å². The SMILES string of the molecule is NC(Cc1cccc(Cl)c1F)c1csc(Br)c1. The number of halogens is 3. The van der Waals surface area contributed by atoms with Crippen molar-refractivity contribution in [3.05, 3.63) is 55.4 Å². The van der Waals surface area contributed by atoms with Gasteiger partial charge in [0, 0.05) is 6.04 Å². The lowest BCUT2D eigenvalue weighted by molar-refractivity contribution is 0.594. The van der Waals surface area contributed by atoms with Crippen molar-refractivity contribution in [1.29, 1.82) is 0 Å². The lowest BCUT2D eigenvalue weighted by Crippen LogP contribution is -2.13. The highest BCUT2D eigenvalue weighted by atomic mass is 79.9. The molecule has 1 aromatic carbocycles. The predicted molar refractivity (Wildman–Crippen MR) is 74.1 cm³/mol. The van der Waals surface area contributed by atoms with Gasteiger partial charge in [-0.15, -0.1) is 11.3 Å². The van der Waals surface area contributed by atoms with Crippen LogP contribution in [-0.2, 0) is 6.42 Å². The third-order valence-corrected chi connectivity index (χ3v) is 4.30. The maximum Gasteiger partial charge on any atom is 0.145 e. The summed E-state index contributed by atoms with van der Waals surface area (Å²) in [5.74, 6) is -0.376. The second-order valence-electron chi connectivity index (χ2n) is 3.71. The molecular formula is C12H10BrClFNS. The minimum atomic E-state index is -0.376. The molecule has 90 valence electrons. The van der Waals surface area contributed by atoms with Crippen LogP contribution in [0.15, 0.2) is 33.4 Å². The standard InChI is InChI=1S/C12H10BrClFNS/c13-11-5-8(6-17-11)10(16)4-7-2-1-3-9(14)12(7)15/h1-3,5-6,10H,4,16H2. The van der Waals surface area contributed by atoms with Gasteiger partial charge in [-0.25, -0.2) is 4.39 Å². The number of benzene rings is 1. The summed E-state index contributed by atoms with van der Waals surface area (Å²) in [4.78, 5) is 0. The molecule has 1 aromatic heterocycles. The Morgan fingerprint density at radius 3 is 2.88 bits per heavy atom. The van der Waals surface area contributed by atoms with Gasteiger partial charge in [0.15, 0.2) is 0 Å². The van der Waals surface area contributed by atoms with Crippen LogP contribution in [0.1, 0.15) is 17.2 Å². The zero-order valence-corrected chi connectivity index (χ0v) is 11.9. The Labute approximate surface area is 117 Å². The van der Waals surface area contributed by atoms with Crippen molar-refractivity contribution in [3.8, 4) is 0 Å². The Balaban J connectivity index is 2.18. The van der Waals surface area contributed by atoms with Crippen LogP contribution in [0.2, 0.25) is 5.02 Å². The molecule has 0 aliphatic heterocycles. The van der Waals surface area contributed by atoms with E-state index in [0.717, 1.165) is 9.35 Å². The molecule has 0 spiro atoms. The predicted octanol–water partition coefficient (Wildman–Crippen LogP) is 4.55. The zero-order valence-electron chi connectivity index (χ0n) is 8.79. The molecular weight excluding hydrogens is 325 g/mol. The molecule has 0 fully saturated rings. The molecule has 0 bridgehead atoms. The Bertz CT molecular complexity index is 529. The van der Waals surface area contributed by atoms with Gasteiger partial charge in [0.1, 0.15) is 5.82 Å². The molecule has 1 heterocycles. The molecule has 1 unspecified atom stereocenters. The minimum absolute atomic E-state index is 0.140. The first-order chi connectivity index (χ1) is 8.08. The monoisotopic (exact) mass is 333 g/mol. The Kier molecular flexibility index (Phi) is 4.20. The molecule has 1 atom stereocenters. The average Bonchev–Trinajstić information content (AvgIpc) is 2.72.